The summed E-state index contributed by atoms with van der Waals surface area (Å²) < 4.78 is 31.2. The van der Waals surface area contributed by atoms with Crippen molar-refractivity contribution in [2.24, 2.45) is 5.41 Å². The Kier molecular flexibility index (Phi) is 8.10. The first-order valence-corrected chi connectivity index (χ1v) is 8.14. The molecule has 1 unspecified atom stereocenters. The Morgan fingerprint density at radius 1 is 1.08 bits per heavy atom. The molecule has 1 aliphatic rings. The minimum absolute atomic E-state index is 0.0105. The van der Waals surface area contributed by atoms with Crippen molar-refractivity contribution in [2.75, 3.05) is 34.9 Å². The molecular weight excluding hydrogens is 344 g/mol. The van der Waals surface area contributed by atoms with E-state index in [-0.39, 0.29) is 25.8 Å². The van der Waals surface area contributed by atoms with Crippen molar-refractivity contribution in [2.45, 2.75) is 39.2 Å². The smallest absolute Gasteiger partial charge is 0.324 e. The van der Waals surface area contributed by atoms with Crippen molar-refractivity contribution in [1.82, 2.24) is 0 Å². The first kappa shape index (κ1) is 22.0. The number of hydrogen-bond acceptors (Lipinski definition) is 8. The van der Waals surface area contributed by atoms with E-state index in [9.17, 15) is 9.59 Å². The molecule has 0 saturated heterocycles. The maximum absolute atomic E-state index is 13.1. The van der Waals surface area contributed by atoms with Crippen molar-refractivity contribution in [3.05, 3.63) is 23.7 Å². The predicted molar refractivity (Wildman–Crippen MR) is 91.6 cm³/mol. The normalized spacial score (nSPS) is 19.9. The molecule has 1 atom stereocenters. The van der Waals surface area contributed by atoms with Crippen molar-refractivity contribution < 1.29 is 38.0 Å². The molecule has 0 aromatic heterocycles. The van der Waals surface area contributed by atoms with Gasteiger partial charge in [0, 0.05) is 20.6 Å². The third-order valence-electron chi connectivity index (χ3n) is 3.44. The third kappa shape index (κ3) is 6.03. The Balaban J connectivity index is 3.34. The van der Waals surface area contributed by atoms with Gasteiger partial charge in [0.05, 0.1) is 13.5 Å². The Morgan fingerprint density at radius 3 is 2.23 bits per heavy atom. The van der Waals surface area contributed by atoms with Crippen molar-refractivity contribution >= 4 is 11.9 Å². The number of allylic oxidation sites excluding steroid dienone is 1. The zero-order chi connectivity index (χ0) is 19.8. The van der Waals surface area contributed by atoms with Gasteiger partial charge in [0.1, 0.15) is 17.1 Å². The highest BCUT2D eigenvalue weighted by Crippen LogP contribution is 2.42. The van der Waals surface area contributed by atoms with Crippen LogP contribution in [-0.2, 0) is 38.0 Å². The zero-order valence-electron chi connectivity index (χ0n) is 16.2. The summed E-state index contributed by atoms with van der Waals surface area (Å²) in [6.45, 7) is 5.15. The van der Waals surface area contributed by atoms with E-state index in [1.807, 2.05) is 0 Å². The number of carbonyl (C=O) groups is 2. The Bertz CT molecular complexity index is 558. The summed E-state index contributed by atoms with van der Waals surface area (Å²) in [4.78, 5) is 25.1. The topological polar surface area (TPSA) is 89.5 Å². The molecule has 0 heterocycles. The minimum atomic E-state index is -1.51. The van der Waals surface area contributed by atoms with Crippen LogP contribution in [0.4, 0.5) is 0 Å². The fraction of sp³-hybridized carbons (Fsp3) is 0.667. The number of hydrogen-bond donors (Lipinski definition) is 0. The van der Waals surface area contributed by atoms with Crippen LogP contribution in [0.25, 0.3) is 0 Å². The van der Waals surface area contributed by atoms with E-state index in [2.05, 4.69) is 0 Å². The van der Waals surface area contributed by atoms with Crippen LogP contribution in [0, 0.1) is 5.41 Å². The van der Waals surface area contributed by atoms with Crippen LogP contribution in [0.2, 0.25) is 0 Å². The van der Waals surface area contributed by atoms with Crippen molar-refractivity contribution in [3.63, 3.8) is 0 Å². The van der Waals surface area contributed by atoms with Crippen LogP contribution in [0.1, 0.15) is 33.6 Å². The SMILES string of the molecule is COCOC1=CC(CC(=O)OC)(C(=O)OC(C)(C)C)C(OCOC)=CC1. The van der Waals surface area contributed by atoms with Crippen LogP contribution in [0.3, 0.4) is 0 Å². The molecule has 0 fully saturated rings. The van der Waals surface area contributed by atoms with Gasteiger partial charge in [-0.2, -0.15) is 0 Å². The monoisotopic (exact) mass is 372 g/mol. The summed E-state index contributed by atoms with van der Waals surface area (Å²) in [5, 5.41) is 0. The van der Waals surface area contributed by atoms with Crippen molar-refractivity contribution in [1.29, 1.82) is 0 Å². The van der Waals surface area contributed by atoms with Crippen LogP contribution in [0.15, 0.2) is 23.7 Å². The molecule has 0 radical (unpaired) electrons. The maximum atomic E-state index is 13.1. The van der Waals surface area contributed by atoms with E-state index in [0.717, 1.165) is 0 Å². The summed E-state index contributed by atoms with van der Waals surface area (Å²) in [5.74, 6) is -0.516. The van der Waals surface area contributed by atoms with E-state index < -0.39 is 23.0 Å². The average Bonchev–Trinajstić information content (AvgIpc) is 2.57. The number of methoxy groups -OCH3 is 3. The molecule has 8 nitrogen and oxygen atoms in total. The van der Waals surface area contributed by atoms with Crippen LogP contribution < -0.4 is 0 Å². The molecule has 1 aliphatic carbocycles. The van der Waals surface area contributed by atoms with Crippen molar-refractivity contribution in [3.8, 4) is 0 Å². The fourth-order valence-corrected chi connectivity index (χ4v) is 2.36. The van der Waals surface area contributed by atoms with Gasteiger partial charge in [0.2, 0.25) is 0 Å². The summed E-state index contributed by atoms with van der Waals surface area (Å²) in [7, 11) is 4.20. The number of ether oxygens (including phenoxy) is 6. The van der Waals surface area contributed by atoms with Crippen LogP contribution >= 0.6 is 0 Å². The van der Waals surface area contributed by atoms with Gasteiger partial charge in [-0.15, -0.1) is 0 Å². The molecular formula is C18H28O8. The Hall–Kier alpha value is -2.06. The second-order valence-corrected chi connectivity index (χ2v) is 6.71. The van der Waals surface area contributed by atoms with Gasteiger partial charge in [0.15, 0.2) is 19.0 Å². The second-order valence-electron chi connectivity index (χ2n) is 6.71. The third-order valence-corrected chi connectivity index (χ3v) is 3.44. The van der Waals surface area contributed by atoms with E-state index >= 15 is 0 Å². The highest BCUT2D eigenvalue weighted by Gasteiger charge is 2.49. The van der Waals surface area contributed by atoms with Crippen LogP contribution in [-0.4, -0.2) is 52.5 Å². The maximum Gasteiger partial charge on any atom is 0.324 e. The summed E-state index contributed by atoms with van der Waals surface area (Å²) in [6.07, 6.45) is 3.26. The van der Waals surface area contributed by atoms with Crippen LogP contribution in [0.5, 0.6) is 0 Å². The molecule has 0 spiro atoms. The van der Waals surface area contributed by atoms with E-state index in [1.165, 1.54) is 27.4 Å². The second kappa shape index (κ2) is 9.59. The van der Waals surface area contributed by atoms with Gasteiger partial charge in [-0.05, 0) is 32.9 Å². The first-order valence-electron chi connectivity index (χ1n) is 8.14. The number of esters is 2. The lowest BCUT2D eigenvalue weighted by Crippen LogP contribution is -2.42. The number of rotatable bonds is 9. The molecule has 0 saturated carbocycles. The molecule has 148 valence electrons. The lowest BCUT2D eigenvalue weighted by Gasteiger charge is -2.35. The standard InChI is InChI=1S/C18H28O8/c1-17(2,3)26-16(20)18(10-15(19)23-6)9-13(24-11-21-4)7-8-14(18)25-12-22-5/h8-9H,7,10-12H2,1-6H3. The Morgan fingerprint density at radius 2 is 1.69 bits per heavy atom. The molecule has 26 heavy (non-hydrogen) atoms. The molecule has 0 N–H and O–H groups in total. The van der Waals surface area contributed by atoms with Gasteiger partial charge in [-0.1, -0.05) is 0 Å². The molecule has 0 aliphatic heterocycles. The lowest BCUT2D eigenvalue weighted by atomic mass is 9.78. The molecule has 0 aromatic rings. The molecule has 8 heteroatoms. The zero-order valence-corrected chi connectivity index (χ0v) is 16.2. The summed E-state index contributed by atoms with van der Waals surface area (Å²) >= 11 is 0. The van der Waals surface area contributed by atoms with Gasteiger partial charge in [-0.3, -0.25) is 9.59 Å². The molecule has 0 aromatic carbocycles. The fourth-order valence-electron chi connectivity index (χ4n) is 2.36. The molecule has 0 bridgehead atoms. The van der Waals surface area contributed by atoms with Gasteiger partial charge in [0.25, 0.3) is 0 Å². The quantitative estimate of drug-likeness (QED) is 0.450. The van der Waals surface area contributed by atoms with E-state index in [4.69, 9.17) is 28.4 Å². The van der Waals surface area contributed by atoms with Gasteiger partial charge < -0.3 is 28.4 Å². The first-order chi connectivity index (χ1) is 12.2. The van der Waals surface area contributed by atoms with E-state index in [1.54, 1.807) is 26.8 Å². The highest BCUT2D eigenvalue weighted by atomic mass is 16.7. The summed E-state index contributed by atoms with van der Waals surface area (Å²) in [6, 6.07) is 0. The molecule has 1 rings (SSSR count). The minimum Gasteiger partial charge on any atom is -0.472 e. The number of carbonyl (C=O) groups excluding carboxylic acids is 2. The Labute approximate surface area is 154 Å². The van der Waals surface area contributed by atoms with Gasteiger partial charge in [-0.25, -0.2) is 0 Å². The average molecular weight is 372 g/mol. The summed E-state index contributed by atoms with van der Waals surface area (Å²) in [5.41, 5.74) is -2.27. The molecule has 0 amide bonds. The van der Waals surface area contributed by atoms with Gasteiger partial charge >= 0.3 is 11.9 Å². The largest absolute Gasteiger partial charge is 0.472 e. The predicted octanol–water partition coefficient (Wildman–Crippen LogP) is 2.29. The lowest BCUT2D eigenvalue weighted by molar-refractivity contribution is -0.170. The highest BCUT2D eigenvalue weighted by molar-refractivity contribution is 5.89. The van der Waals surface area contributed by atoms with E-state index in [0.29, 0.717) is 12.2 Å².